The Bertz CT molecular complexity index is 5820. The van der Waals surface area contributed by atoms with Crippen molar-refractivity contribution in [1.29, 1.82) is 0 Å². The predicted molar refractivity (Wildman–Crippen MR) is 560 cm³/mol. The highest BCUT2D eigenvalue weighted by Crippen LogP contribution is 2.47. The summed E-state index contributed by atoms with van der Waals surface area (Å²) in [6.07, 6.45) is -2.42. The van der Waals surface area contributed by atoms with E-state index >= 15 is 47.9 Å². The molecule has 2 aromatic heterocycles. The van der Waals surface area contributed by atoms with Crippen molar-refractivity contribution in [3.05, 3.63) is 143 Å². The van der Waals surface area contributed by atoms with Crippen LogP contribution in [0.15, 0.2) is 116 Å². The van der Waals surface area contributed by atoms with E-state index in [9.17, 15) is 43.2 Å². The van der Waals surface area contributed by atoms with Crippen LogP contribution in [0.25, 0.3) is 21.7 Å². The standard InChI is InChI=1S/C104H146N20O24S2/c1-58-25-23-29-69-67(56-111-82(58)69)53-75-90(135)113-70(30-21-22-44-109-60(3)125)88(133)122-85(103(16,17)150-149-102(14,15)84(112-61(4)126)94(139)114-71(37-39-78(105)127)87(132)121-83(93(138)117-75)59(2)146-99(5,6)7)95(140)118-73(50-62-32-35-68(36-33-62)145-48-45-110-98(143)148-101(11,12)13)89(134)115-74(51-63-31-34-65-27-19-20-28-66(65)49-63)92(137)123-104(41-46-144-47-42-104)97(142)120-72(38-40-81(130)147-100(8,9)10)86(131)116-76(54-79(106)128)91(136)119-77(52-64-26-24-43-108-55-64)96(141)124(18)57-80(107)129/h19-20,23-29,31-36,43,49,55-56,59,70-77,83-85,111H,21-22,30,37-42,44-48,50-54,57H2,1-18H3,(H2,105,127)(H2,106,128)(H2,107,129)(H,109,125)(H,110,143)(H,112,126)(H,113,135)(H,114,139)(H,115,134)(H,116,131)(H,117,138)(H,118,140)(H,119,136)(H,120,142)(H,121,132)(H,122,133)(H,123,137)/t59-,70+,71+,72+,73+,74+,75+,76?,77+,83+,84-,85-/m1/s1. The number of para-hydroxylation sites is 1. The SMILES string of the molecule is CC(=O)NCCCC[C@@H]1NC(=O)[C@H](Cc2c[nH]c3c(C)cccc23)NC(=O)[C@H]([C@@H](C)OC(C)(C)C)NC(=O)[C@H](CCC(N)=O)NC(=O)[C@@H](NC(C)=O)C(C)(C)SSC(C)(C)[C@@H](C(=O)N[C@@H](Cc2ccc(OCCNC(=O)OC(C)(C)C)cc2)C(=O)N[C@@H](Cc2ccc3ccccc3c2)C(=O)NC2(C(=O)N[C@@H](CCC(=O)OC(C)(C)C)C(=O)NC(CC(N)=O)C(=O)N[C@@H](Cc3cccnc3)C(=O)N(C)CC(N)=O)CCOCC2)NC1=O. The molecule has 150 heavy (non-hydrogen) atoms. The summed E-state index contributed by atoms with van der Waals surface area (Å²) in [5.41, 5.74) is 15.0. The number of aromatic amines is 1. The molecular weight excluding hydrogens is 1980 g/mol. The number of nitrogens with zero attached hydrogens (tertiary/aromatic N) is 2. The minimum absolute atomic E-state index is 0.00512. The molecule has 1 unspecified atom stereocenters. The Kier molecular flexibility index (Phi) is 44.4. The van der Waals surface area contributed by atoms with Crippen LogP contribution in [-0.2, 0) is 131 Å². The van der Waals surface area contributed by atoms with Gasteiger partial charge in [-0.05, 0) is 193 Å². The summed E-state index contributed by atoms with van der Waals surface area (Å²) < 4.78 is 25.9. The molecule has 2 aliphatic heterocycles. The average molecular weight is 2120 g/mol. The molecular formula is C104H146N20O24S2. The Morgan fingerprint density at radius 3 is 1.79 bits per heavy atom. The first-order chi connectivity index (χ1) is 70.3. The summed E-state index contributed by atoms with van der Waals surface area (Å²) in [4.78, 5) is 285. The number of rotatable bonds is 43. The van der Waals surface area contributed by atoms with E-state index in [1.54, 1.807) is 149 Å². The van der Waals surface area contributed by atoms with E-state index in [-0.39, 0.29) is 95.9 Å². The van der Waals surface area contributed by atoms with Gasteiger partial charge in [0.1, 0.15) is 95.6 Å². The summed E-state index contributed by atoms with van der Waals surface area (Å²) >= 11 is 0. The molecule has 0 radical (unpaired) electrons. The molecule has 0 bridgehead atoms. The number of unbranched alkanes of at least 4 members (excludes halogenated alkanes) is 1. The first-order valence-electron chi connectivity index (χ1n) is 49.7. The van der Waals surface area contributed by atoms with Gasteiger partial charge in [0.25, 0.3) is 0 Å². The Hall–Kier alpha value is -14.0. The number of nitrogens with one attached hydrogen (secondary N) is 15. The van der Waals surface area contributed by atoms with Gasteiger partial charge in [0, 0.05) is 131 Å². The summed E-state index contributed by atoms with van der Waals surface area (Å²) in [6, 6.07) is 8.16. The fourth-order valence-electron chi connectivity index (χ4n) is 16.8. The van der Waals surface area contributed by atoms with Gasteiger partial charge in [0.15, 0.2) is 0 Å². The second kappa shape index (κ2) is 55.0. The van der Waals surface area contributed by atoms with E-state index in [4.69, 9.17) is 40.9 Å². The topological polar surface area (TPSA) is 649 Å². The number of benzene rings is 4. The number of pyridine rings is 1. The fourth-order valence-corrected chi connectivity index (χ4v) is 19.6. The Morgan fingerprint density at radius 2 is 1.15 bits per heavy atom. The van der Waals surface area contributed by atoms with Crippen LogP contribution in [0.4, 0.5) is 4.79 Å². The van der Waals surface area contributed by atoms with E-state index in [1.807, 2.05) is 25.1 Å². The summed E-state index contributed by atoms with van der Waals surface area (Å²) in [7, 11) is 3.09. The van der Waals surface area contributed by atoms with Crippen molar-refractivity contribution in [1.82, 2.24) is 89.3 Å². The van der Waals surface area contributed by atoms with Gasteiger partial charge in [0.05, 0.1) is 31.2 Å². The lowest BCUT2D eigenvalue weighted by molar-refractivity contribution is -0.155. The number of hydrogen-bond acceptors (Lipinski definition) is 27. The van der Waals surface area contributed by atoms with Crippen LogP contribution in [0.5, 0.6) is 5.75 Å². The number of carbonyl (C=O) groups excluding carboxylic acids is 19. The van der Waals surface area contributed by atoms with Crippen molar-refractivity contribution in [2.75, 3.05) is 46.5 Å². The number of primary amides is 3. The first kappa shape index (κ1) is 121. The molecule has 818 valence electrons. The molecule has 21 N–H and O–H groups in total. The molecule has 6 aromatic rings. The fraction of sp³-hybridized carbons (Fsp3) is 0.538. The highest BCUT2D eigenvalue weighted by Gasteiger charge is 2.49. The number of hydrogen-bond donors (Lipinski definition) is 18. The highest BCUT2D eigenvalue weighted by molar-refractivity contribution is 8.77. The molecule has 2 saturated heterocycles. The number of amides is 18. The summed E-state index contributed by atoms with van der Waals surface area (Å²) in [5, 5.41) is 40.5. The third-order valence-electron chi connectivity index (χ3n) is 24.2. The molecule has 12 atom stereocenters. The van der Waals surface area contributed by atoms with Crippen LogP contribution in [0.3, 0.4) is 0 Å². The number of likely N-dealkylation sites (N-methyl/N-ethyl adjacent to an activating group) is 1. The zero-order chi connectivity index (χ0) is 111. The van der Waals surface area contributed by atoms with Crippen molar-refractivity contribution >= 4 is 156 Å². The zero-order valence-corrected chi connectivity index (χ0v) is 89.9. The van der Waals surface area contributed by atoms with Crippen molar-refractivity contribution in [2.45, 2.75) is 312 Å². The molecule has 8 rings (SSSR count). The van der Waals surface area contributed by atoms with Gasteiger partial charge in [0.2, 0.25) is 100 Å². The maximum atomic E-state index is 16.7. The minimum atomic E-state index is -2.11. The number of carbonyl (C=O) groups is 19. The van der Waals surface area contributed by atoms with Gasteiger partial charge in [-0.3, -0.25) is 91.3 Å². The quantitative estimate of drug-likeness (QED) is 0.0149. The smallest absolute Gasteiger partial charge is 0.407 e. The Balaban J connectivity index is 1.27. The second-order valence-corrected chi connectivity index (χ2v) is 45.0. The van der Waals surface area contributed by atoms with Crippen molar-refractivity contribution in [3.8, 4) is 5.75 Å². The van der Waals surface area contributed by atoms with E-state index in [1.165, 1.54) is 59.3 Å². The molecule has 18 amide bonds. The highest BCUT2D eigenvalue weighted by atomic mass is 33.1. The molecule has 2 fully saturated rings. The van der Waals surface area contributed by atoms with E-state index in [0.29, 0.717) is 38.5 Å². The second-order valence-electron chi connectivity index (χ2n) is 41.5. The number of H-pyrrole nitrogens is 1. The minimum Gasteiger partial charge on any atom is -0.492 e. The van der Waals surface area contributed by atoms with Gasteiger partial charge in [-0.1, -0.05) is 100 Å². The van der Waals surface area contributed by atoms with Crippen LogP contribution in [0, 0.1) is 6.92 Å². The number of fused-ring (bicyclic) bond motifs is 2. The normalized spacial score (nSPS) is 19.0. The van der Waals surface area contributed by atoms with Crippen LogP contribution >= 0.6 is 21.6 Å². The van der Waals surface area contributed by atoms with Gasteiger partial charge in [-0.25, -0.2) is 4.79 Å². The third kappa shape index (κ3) is 38.8. The summed E-state index contributed by atoms with van der Waals surface area (Å²) in [5.74, 6) is -17.1. The van der Waals surface area contributed by atoms with Gasteiger partial charge in [-0.2, -0.15) is 0 Å². The average Bonchev–Trinajstić information content (AvgIpc) is 0.928. The molecule has 4 aromatic carbocycles. The Labute approximate surface area is 880 Å². The number of esters is 1. The number of aryl methyl sites for hydroxylation is 1. The van der Waals surface area contributed by atoms with E-state index in [0.717, 1.165) is 44.4 Å². The Morgan fingerprint density at radius 1 is 0.560 bits per heavy atom. The lowest BCUT2D eigenvalue weighted by Gasteiger charge is -2.39. The first-order valence-corrected chi connectivity index (χ1v) is 51.8. The molecule has 46 heteroatoms. The molecule has 0 spiro atoms. The number of ether oxygens (including phenoxy) is 5. The third-order valence-corrected chi connectivity index (χ3v) is 28.5. The monoisotopic (exact) mass is 2120 g/mol. The van der Waals surface area contributed by atoms with Gasteiger partial charge < -0.3 is 125 Å². The maximum Gasteiger partial charge on any atom is 0.407 e. The van der Waals surface area contributed by atoms with Crippen LogP contribution < -0.4 is 96.4 Å². The lowest BCUT2D eigenvalue weighted by atomic mass is 9.87. The van der Waals surface area contributed by atoms with Crippen LogP contribution in [0.1, 0.15) is 203 Å². The molecule has 4 heterocycles. The lowest BCUT2D eigenvalue weighted by Crippen LogP contribution is -2.67. The van der Waals surface area contributed by atoms with Crippen LogP contribution in [-0.4, -0.2) is 278 Å². The molecule has 44 nitrogen and oxygen atoms in total. The predicted octanol–water partition coefficient (Wildman–Crippen LogP) is 2.89. The van der Waals surface area contributed by atoms with Crippen molar-refractivity contribution in [2.24, 2.45) is 17.2 Å². The molecule has 0 saturated carbocycles. The number of alkyl carbamates (subject to hydrolysis) is 1. The summed E-state index contributed by atoms with van der Waals surface area (Å²) in [6.45, 7) is 25.9. The van der Waals surface area contributed by atoms with E-state index in [2.05, 4.69) is 84.4 Å². The van der Waals surface area contributed by atoms with Crippen molar-refractivity contribution in [3.63, 3.8) is 0 Å². The molecule has 0 aliphatic carbocycles. The molecule has 2 aliphatic rings. The number of aromatic nitrogens is 2. The van der Waals surface area contributed by atoms with Crippen molar-refractivity contribution < 1.29 is 115 Å². The van der Waals surface area contributed by atoms with Gasteiger partial charge in [-0.15, -0.1) is 0 Å². The van der Waals surface area contributed by atoms with E-state index < -0.39 is 256 Å². The number of nitrogens with two attached hydrogens (primary N) is 3. The van der Waals surface area contributed by atoms with Gasteiger partial charge >= 0.3 is 12.1 Å². The zero-order valence-electron chi connectivity index (χ0n) is 88.3. The van der Waals surface area contributed by atoms with Crippen LogP contribution in [0.2, 0.25) is 0 Å². The largest absolute Gasteiger partial charge is 0.492 e. The maximum absolute atomic E-state index is 16.7.